The van der Waals surface area contributed by atoms with Crippen LogP contribution in [0, 0.1) is 0 Å². The van der Waals surface area contributed by atoms with Crippen LogP contribution in [0.15, 0.2) is 24.3 Å². The summed E-state index contributed by atoms with van der Waals surface area (Å²) in [7, 11) is 0. The second-order valence-corrected chi connectivity index (χ2v) is 3.85. The number of ether oxygens (including phenoxy) is 3. The Morgan fingerprint density at radius 3 is 2.00 bits per heavy atom. The number of alkyl halides is 1. The molecule has 0 saturated carbocycles. The van der Waals surface area contributed by atoms with Crippen LogP contribution in [0.2, 0.25) is 0 Å². The molecule has 0 aromatic heterocycles. The summed E-state index contributed by atoms with van der Waals surface area (Å²) in [5, 5.41) is 0. The highest BCUT2D eigenvalue weighted by Gasteiger charge is 1.96. The van der Waals surface area contributed by atoms with Gasteiger partial charge >= 0.3 is 0 Å². The summed E-state index contributed by atoms with van der Waals surface area (Å²) in [5.41, 5.74) is 0. The summed E-state index contributed by atoms with van der Waals surface area (Å²) in [6.45, 7) is 4.48. The lowest BCUT2D eigenvalue weighted by atomic mass is 10.3. The molecule has 0 spiro atoms. The van der Waals surface area contributed by atoms with Crippen molar-refractivity contribution >= 4 is 11.6 Å². The molecule has 0 aliphatic rings. The Balaban J connectivity index is 2.20. The maximum absolute atomic E-state index is 5.49. The van der Waals surface area contributed by atoms with Gasteiger partial charge in [0.1, 0.15) is 18.1 Å². The summed E-state index contributed by atoms with van der Waals surface area (Å²) in [4.78, 5) is 0. The van der Waals surface area contributed by atoms with E-state index in [1.165, 1.54) is 0 Å². The Bertz CT molecular complexity index is 287. The van der Waals surface area contributed by atoms with Crippen LogP contribution in [0.3, 0.4) is 0 Å². The van der Waals surface area contributed by atoms with Gasteiger partial charge in [-0.2, -0.15) is 0 Å². The van der Waals surface area contributed by atoms with Crippen molar-refractivity contribution < 1.29 is 14.2 Å². The molecule has 1 rings (SSSR count). The molecule has 0 atom stereocenters. The van der Waals surface area contributed by atoms with Crippen LogP contribution in [0.4, 0.5) is 0 Å². The van der Waals surface area contributed by atoms with Crippen LogP contribution in [-0.2, 0) is 4.74 Å². The first-order valence-corrected chi connectivity index (χ1v) is 6.39. The average molecular weight is 259 g/mol. The molecular formula is C13H19ClO3. The topological polar surface area (TPSA) is 27.7 Å². The van der Waals surface area contributed by atoms with Crippen molar-refractivity contribution in [2.45, 2.75) is 13.3 Å². The van der Waals surface area contributed by atoms with Gasteiger partial charge in [-0.05, 0) is 30.7 Å². The van der Waals surface area contributed by atoms with E-state index in [1.807, 2.05) is 24.3 Å². The molecule has 4 heteroatoms. The fourth-order valence-electron chi connectivity index (χ4n) is 1.23. The summed E-state index contributed by atoms with van der Waals surface area (Å²) in [5.74, 6) is 2.21. The normalized spacial score (nSPS) is 10.2. The van der Waals surface area contributed by atoms with Crippen LogP contribution in [0.5, 0.6) is 11.5 Å². The van der Waals surface area contributed by atoms with Crippen molar-refractivity contribution in [2.75, 3.05) is 32.3 Å². The molecule has 0 radical (unpaired) electrons. The SMILES string of the molecule is CCCOc1ccc(OCCOCCCl)cc1. The third-order valence-corrected chi connectivity index (χ3v) is 2.17. The standard InChI is InChI=1S/C13H19ClO3/c1-2-8-16-12-3-5-13(6-4-12)17-11-10-15-9-7-14/h3-6H,2,7-11H2,1H3. The van der Waals surface area contributed by atoms with Crippen LogP contribution >= 0.6 is 11.6 Å². The molecule has 1 aromatic carbocycles. The van der Waals surface area contributed by atoms with Gasteiger partial charge < -0.3 is 14.2 Å². The predicted molar refractivity (Wildman–Crippen MR) is 69.3 cm³/mol. The van der Waals surface area contributed by atoms with Crippen molar-refractivity contribution in [1.29, 1.82) is 0 Å². The fourth-order valence-corrected chi connectivity index (χ4v) is 1.34. The van der Waals surface area contributed by atoms with E-state index in [0.717, 1.165) is 24.5 Å². The fraction of sp³-hybridized carbons (Fsp3) is 0.538. The van der Waals surface area contributed by atoms with Gasteiger partial charge in [-0.3, -0.25) is 0 Å². The number of halogens is 1. The minimum Gasteiger partial charge on any atom is -0.494 e. The molecule has 0 bridgehead atoms. The lowest BCUT2D eigenvalue weighted by Gasteiger charge is -2.08. The van der Waals surface area contributed by atoms with Crippen LogP contribution in [0.1, 0.15) is 13.3 Å². The van der Waals surface area contributed by atoms with Gasteiger partial charge in [-0.1, -0.05) is 6.92 Å². The van der Waals surface area contributed by atoms with Crippen molar-refractivity contribution in [1.82, 2.24) is 0 Å². The first kappa shape index (κ1) is 14.1. The molecule has 0 aliphatic heterocycles. The molecule has 0 unspecified atom stereocenters. The van der Waals surface area contributed by atoms with Gasteiger partial charge in [0, 0.05) is 5.88 Å². The van der Waals surface area contributed by atoms with Gasteiger partial charge in [-0.25, -0.2) is 0 Å². The van der Waals surface area contributed by atoms with E-state index < -0.39 is 0 Å². The molecule has 0 heterocycles. The highest BCUT2D eigenvalue weighted by atomic mass is 35.5. The number of benzene rings is 1. The zero-order valence-corrected chi connectivity index (χ0v) is 10.9. The Labute approximate surface area is 108 Å². The highest BCUT2D eigenvalue weighted by molar-refractivity contribution is 6.17. The second kappa shape index (κ2) is 9.14. The molecule has 1 aromatic rings. The molecule has 0 fully saturated rings. The van der Waals surface area contributed by atoms with Crippen LogP contribution < -0.4 is 9.47 Å². The Morgan fingerprint density at radius 2 is 1.47 bits per heavy atom. The van der Waals surface area contributed by atoms with E-state index >= 15 is 0 Å². The summed E-state index contributed by atoms with van der Waals surface area (Å²) < 4.78 is 16.2. The Morgan fingerprint density at radius 1 is 0.882 bits per heavy atom. The molecular weight excluding hydrogens is 240 g/mol. The van der Waals surface area contributed by atoms with Crippen LogP contribution in [0.25, 0.3) is 0 Å². The molecule has 17 heavy (non-hydrogen) atoms. The first-order chi connectivity index (χ1) is 8.36. The smallest absolute Gasteiger partial charge is 0.119 e. The van der Waals surface area contributed by atoms with E-state index in [0.29, 0.717) is 25.7 Å². The minimum absolute atomic E-state index is 0.517. The number of rotatable bonds is 9. The van der Waals surface area contributed by atoms with E-state index in [1.54, 1.807) is 0 Å². The average Bonchev–Trinajstić information content (AvgIpc) is 2.37. The van der Waals surface area contributed by atoms with E-state index in [-0.39, 0.29) is 0 Å². The number of hydrogen-bond acceptors (Lipinski definition) is 3. The van der Waals surface area contributed by atoms with Crippen molar-refractivity contribution in [3.63, 3.8) is 0 Å². The van der Waals surface area contributed by atoms with Gasteiger partial charge in [0.05, 0.1) is 19.8 Å². The van der Waals surface area contributed by atoms with E-state index in [4.69, 9.17) is 25.8 Å². The molecule has 0 amide bonds. The molecule has 0 N–H and O–H groups in total. The Hall–Kier alpha value is -0.930. The summed E-state index contributed by atoms with van der Waals surface area (Å²) >= 11 is 5.48. The lowest BCUT2D eigenvalue weighted by molar-refractivity contribution is 0.111. The Kier molecular flexibility index (Phi) is 7.60. The second-order valence-electron chi connectivity index (χ2n) is 3.47. The van der Waals surface area contributed by atoms with Gasteiger partial charge in [0.2, 0.25) is 0 Å². The van der Waals surface area contributed by atoms with Crippen molar-refractivity contribution in [3.8, 4) is 11.5 Å². The third-order valence-electron chi connectivity index (χ3n) is 2.01. The van der Waals surface area contributed by atoms with Gasteiger partial charge in [0.25, 0.3) is 0 Å². The zero-order valence-electron chi connectivity index (χ0n) is 10.2. The molecule has 0 saturated heterocycles. The maximum atomic E-state index is 5.49. The quantitative estimate of drug-likeness (QED) is 0.503. The minimum atomic E-state index is 0.517. The zero-order chi connectivity index (χ0) is 12.3. The first-order valence-electron chi connectivity index (χ1n) is 5.86. The highest BCUT2D eigenvalue weighted by Crippen LogP contribution is 2.17. The molecule has 0 aliphatic carbocycles. The van der Waals surface area contributed by atoms with Crippen molar-refractivity contribution in [2.24, 2.45) is 0 Å². The summed E-state index contributed by atoms with van der Waals surface area (Å²) in [6.07, 6.45) is 1.01. The monoisotopic (exact) mass is 258 g/mol. The predicted octanol–water partition coefficient (Wildman–Crippen LogP) is 3.11. The number of hydrogen-bond donors (Lipinski definition) is 0. The van der Waals surface area contributed by atoms with E-state index in [9.17, 15) is 0 Å². The third kappa shape index (κ3) is 6.39. The van der Waals surface area contributed by atoms with Crippen LogP contribution in [-0.4, -0.2) is 32.3 Å². The van der Waals surface area contributed by atoms with Gasteiger partial charge in [0.15, 0.2) is 0 Å². The maximum Gasteiger partial charge on any atom is 0.119 e. The summed E-state index contributed by atoms with van der Waals surface area (Å²) in [6, 6.07) is 7.61. The van der Waals surface area contributed by atoms with Gasteiger partial charge in [-0.15, -0.1) is 11.6 Å². The molecule has 96 valence electrons. The largest absolute Gasteiger partial charge is 0.494 e. The molecule has 3 nitrogen and oxygen atoms in total. The van der Waals surface area contributed by atoms with E-state index in [2.05, 4.69) is 6.92 Å². The van der Waals surface area contributed by atoms with Crippen molar-refractivity contribution in [3.05, 3.63) is 24.3 Å². The lowest BCUT2D eigenvalue weighted by Crippen LogP contribution is -2.07.